The first-order chi connectivity index (χ1) is 16.2. The second-order valence-electron chi connectivity index (χ2n) is 8.36. The van der Waals surface area contributed by atoms with Crippen LogP contribution in [0.1, 0.15) is 13.3 Å². The van der Waals surface area contributed by atoms with E-state index in [-0.39, 0.29) is 74.7 Å². The maximum absolute atomic E-state index is 12.4. The van der Waals surface area contributed by atoms with Gasteiger partial charge in [0.05, 0.1) is 31.9 Å². The number of amides is 1. The van der Waals surface area contributed by atoms with Gasteiger partial charge < -0.3 is 25.4 Å². The van der Waals surface area contributed by atoms with Crippen molar-refractivity contribution in [2.24, 2.45) is 0 Å². The molecule has 1 radical (unpaired) electrons. The van der Waals surface area contributed by atoms with E-state index < -0.39 is 11.9 Å². The summed E-state index contributed by atoms with van der Waals surface area (Å²) in [6.07, 6.45) is 0.717. The van der Waals surface area contributed by atoms with Crippen LogP contribution >= 0.6 is 0 Å². The Morgan fingerprint density at radius 2 is 1.17 bits per heavy atom. The van der Waals surface area contributed by atoms with Gasteiger partial charge in [-0.2, -0.15) is 0 Å². The maximum atomic E-state index is 12.4. The normalized spacial score (nSPS) is 17.5. The molecule has 1 rings (SSSR count). The molecule has 1 aliphatic heterocycles. The van der Waals surface area contributed by atoms with Gasteiger partial charge in [-0.15, -0.1) is 0 Å². The molecule has 1 amide bonds. The van der Waals surface area contributed by atoms with Crippen LogP contribution in [0.4, 0.5) is 0 Å². The van der Waals surface area contributed by atoms with Crippen LogP contribution in [0.3, 0.4) is 0 Å². The van der Waals surface area contributed by atoms with Crippen molar-refractivity contribution in [1.82, 2.24) is 24.9 Å². The van der Waals surface area contributed by atoms with Crippen molar-refractivity contribution >= 4 is 17.8 Å². The summed E-state index contributed by atoms with van der Waals surface area (Å²) in [5, 5.41) is 31.1. The number of aliphatic hydroxyl groups excluding tert-OH is 1. The third kappa shape index (κ3) is 18.0. The van der Waals surface area contributed by atoms with E-state index in [1.54, 1.807) is 9.80 Å². The van der Waals surface area contributed by atoms with E-state index in [1.807, 2.05) is 16.7 Å². The number of nitrogens with zero attached hydrogens (tertiary/aromatic N) is 4. The summed E-state index contributed by atoms with van der Waals surface area (Å²) >= 11 is 0. The zero-order valence-electron chi connectivity index (χ0n) is 20.5. The molecule has 1 heterocycles. The SMILES string of the molecule is C=C(O)CN1CCN(CC(=O)O)CCN(CC(=O)NCCCOCC)CCN(CC(=O)O)CC1.[Lu]. The van der Waals surface area contributed by atoms with Crippen LogP contribution < -0.4 is 5.32 Å². The molecule has 0 aliphatic carbocycles. The van der Waals surface area contributed by atoms with Gasteiger partial charge in [0.15, 0.2) is 0 Å². The number of carboxylic acids is 2. The van der Waals surface area contributed by atoms with Crippen LogP contribution in [-0.2, 0) is 19.1 Å². The van der Waals surface area contributed by atoms with Crippen molar-refractivity contribution in [2.75, 3.05) is 98.3 Å². The number of ether oxygens (including phenoxy) is 1. The number of carboxylic acid groups (broad SMARTS) is 2. The molecule has 0 atom stereocenters. The van der Waals surface area contributed by atoms with Crippen molar-refractivity contribution in [3.63, 3.8) is 0 Å². The Hall–Kier alpha value is -1.02. The topological polar surface area (TPSA) is 146 Å². The first-order valence-corrected chi connectivity index (χ1v) is 11.7. The maximum Gasteiger partial charge on any atom is 0.317 e. The predicted octanol–water partition coefficient (Wildman–Crippen LogP) is -1.01. The van der Waals surface area contributed by atoms with Gasteiger partial charge in [-0.05, 0) is 13.3 Å². The van der Waals surface area contributed by atoms with E-state index >= 15 is 0 Å². The summed E-state index contributed by atoms with van der Waals surface area (Å²) in [5.74, 6) is -2.00. The minimum Gasteiger partial charge on any atom is -0.512 e. The zero-order valence-corrected chi connectivity index (χ0v) is 22.2. The largest absolute Gasteiger partial charge is 0.512 e. The molecule has 35 heavy (non-hydrogen) atoms. The molecule has 4 N–H and O–H groups in total. The number of rotatable bonds is 13. The smallest absolute Gasteiger partial charge is 0.317 e. The van der Waals surface area contributed by atoms with Crippen molar-refractivity contribution < 1.29 is 71.3 Å². The van der Waals surface area contributed by atoms with Crippen molar-refractivity contribution in [3.8, 4) is 0 Å². The van der Waals surface area contributed by atoms with E-state index in [0.717, 1.165) is 6.42 Å². The van der Waals surface area contributed by atoms with E-state index in [0.29, 0.717) is 72.1 Å². The molecule has 0 aromatic heterocycles. The molecular weight excluding hydrogens is 621 g/mol. The molecule has 0 aromatic rings. The molecule has 211 valence electrons. The average molecular weight is 663 g/mol. The molecule has 0 unspecified atom stereocenters. The summed E-state index contributed by atoms with van der Waals surface area (Å²) in [5.41, 5.74) is 0. The van der Waals surface area contributed by atoms with Crippen LogP contribution in [0.5, 0.6) is 0 Å². The summed E-state index contributed by atoms with van der Waals surface area (Å²) < 4.78 is 5.27. The molecule has 0 aromatic carbocycles. The Morgan fingerprint density at radius 1 is 0.771 bits per heavy atom. The third-order valence-corrected chi connectivity index (χ3v) is 5.41. The molecule has 1 saturated heterocycles. The van der Waals surface area contributed by atoms with Crippen LogP contribution in [0.25, 0.3) is 0 Å². The Balaban J connectivity index is 0.0000116. The molecule has 0 saturated carbocycles. The summed E-state index contributed by atoms with van der Waals surface area (Å²) in [6.45, 7) is 11.0. The van der Waals surface area contributed by atoms with Gasteiger partial charge in [0.1, 0.15) is 0 Å². The van der Waals surface area contributed by atoms with E-state index in [2.05, 4.69) is 11.9 Å². The number of aliphatic carboxylic acids is 2. The van der Waals surface area contributed by atoms with Crippen molar-refractivity contribution in [3.05, 3.63) is 12.3 Å². The Labute approximate surface area is 237 Å². The van der Waals surface area contributed by atoms with Crippen LogP contribution in [0.2, 0.25) is 0 Å². The standard InChI is InChI=1S/C22H41N5O7.Lu/c1-3-34-14-4-5-23-20(29)16-25-8-12-26(17-21(30)31)10-6-24(15-19(2)28)7-11-27(13-9-25)18-22(32)33;/h28H,2-18H2,1H3,(H,23,29)(H,30,31)(H,32,33);. The third-order valence-electron chi connectivity index (χ3n) is 5.41. The molecule has 1 aliphatic rings. The van der Waals surface area contributed by atoms with E-state index in [9.17, 15) is 29.7 Å². The van der Waals surface area contributed by atoms with E-state index in [1.165, 1.54) is 0 Å². The van der Waals surface area contributed by atoms with Crippen LogP contribution in [-0.4, -0.2) is 151 Å². The van der Waals surface area contributed by atoms with Gasteiger partial charge in [0.2, 0.25) is 5.91 Å². The predicted molar refractivity (Wildman–Crippen MR) is 127 cm³/mol. The fourth-order valence-corrected chi connectivity index (χ4v) is 3.66. The Morgan fingerprint density at radius 3 is 1.54 bits per heavy atom. The summed E-state index contributed by atoms with van der Waals surface area (Å²) in [7, 11) is 0. The van der Waals surface area contributed by atoms with Gasteiger partial charge >= 0.3 is 11.9 Å². The summed E-state index contributed by atoms with van der Waals surface area (Å²) in [4.78, 5) is 42.6. The zero-order chi connectivity index (χ0) is 25.3. The monoisotopic (exact) mass is 662 g/mol. The van der Waals surface area contributed by atoms with Gasteiger partial charge in [-0.1, -0.05) is 6.58 Å². The molecule has 13 heteroatoms. The number of carbonyl (C=O) groups excluding carboxylic acids is 1. The first kappa shape index (κ1) is 34.0. The minimum absolute atomic E-state index is 0. The Kier molecular flexibility index (Phi) is 19.5. The quantitative estimate of drug-likeness (QED) is 0.142. The van der Waals surface area contributed by atoms with Crippen LogP contribution in [0, 0.1) is 36.9 Å². The number of nitrogens with one attached hydrogen (secondary N) is 1. The number of hydrogen-bond donors (Lipinski definition) is 4. The molecule has 0 spiro atoms. The Bertz CT molecular complexity index is 624. The number of hydrogen-bond acceptors (Lipinski definition) is 9. The second kappa shape index (κ2) is 20.1. The van der Waals surface area contributed by atoms with E-state index in [4.69, 9.17) is 4.74 Å². The number of aliphatic hydroxyl groups is 1. The van der Waals surface area contributed by atoms with Gasteiger partial charge in [-0.3, -0.25) is 34.0 Å². The van der Waals surface area contributed by atoms with Gasteiger partial charge in [-0.25, -0.2) is 0 Å². The average Bonchev–Trinajstić information content (AvgIpc) is 2.74. The fourth-order valence-electron chi connectivity index (χ4n) is 3.66. The second-order valence-corrected chi connectivity index (χ2v) is 8.36. The van der Waals surface area contributed by atoms with Crippen molar-refractivity contribution in [1.29, 1.82) is 0 Å². The first-order valence-electron chi connectivity index (χ1n) is 11.7. The van der Waals surface area contributed by atoms with Crippen LogP contribution in [0.15, 0.2) is 12.3 Å². The van der Waals surface area contributed by atoms with Gasteiger partial charge in [0, 0.05) is 109 Å². The minimum atomic E-state index is -0.934. The molecule has 0 bridgehead atoms. The molecular formula is C22H41LuN5O7. The fraction of sp³-hybridized carbons (Fsp3) is 0.773. The van der Waals surface area contributed by atoms with Gasteiger partial charge in [0.25, 0.3) is 0 Å². The number of carbonyl (C=O) groups is 3. The molecule has 12 nitrogen and oxygen atoms in total. The molecule has 1 fully saturated rings. The summed E-state index contributed by atoms with van der Waals surface area (Å²) in [6, 6.07) is 0. The van der Waals surface area contributed by atoms with Crippen molar-refractivity contribution in [2.45, 2.75) is 13.3 Å².